The lowest BCUT2D eigenvalue weighted by molar-refractivity contribution is -0.00496. The molecule has 0 saturated heterocycles. The largest absolute Gasteiger partial charge is 0.389 e. The van der Waals surface area contributed by atoms with Gasteiger partial charge in [0.25, 0.3) is 0 Å². The molecule has 2 rings (SSSR count). The summed E-state index contributed by atoms with van der Waals surface area (Å²) in [4.78, 5) is 5.58. The average Bonchev–Trinajstić information content (AvgIpc) is 2.59. The van der Waals surface area contributed by atoms with E-state index in [1.54, 1.807) is 0 Å². The molecule has 1 aliphatic carbocycles. The lowest BCUT2D eigenvalue weighted by Crippen LogP contribution is -2.35. The summed E-state index contributed by atoms with van der Waals surface area (Å²) in [6.45, 7) is 4.92. The van der Waals surface area contributed by atoms with Crippen molar-refractivity contribution in [1.82, 2.24) is 10.8 Å². The number of hydroxylamine groups is 1. The zero-order chi connectivity index (χ0) is 17.9. The van der Waals surface area contributed by atoms with Crippen LogP contribution >= 0.6 is 0 Å². The van der Waals surface area contributed by atoms with Crippen LogP contribution in [0, 0.1) is 0 Å². The third-order valence-electron chi connectivity index (χ3n) is 4.20. The molecule has 0 spiro atoms. The van der Waals surface area contributed by atoms with E-state index in [1.165, 1.54) is 30.4 Å². The molecule has 4 nitrogen and oxygen atoms in total. The zero-order valence-electron chi connectivity index (χ0n) is 15.5. The number of rotatable bonds is 8. The summed E-state index contributed by atoms with van der Waals surface area (Å²) >= 11 is 0. The molecule has 0 aromatic heterocycles. The number of allylic oxidation sites excluding steroid dienone is 2. The van der Waals surface area contributed by atoms with Crippen LogP contribution in [0.2, 0.25) is 0 Å². The number of nitrogens with one attached hydrogen (secondary N) is 2. The summed E-state index contributed by atoms with van der Waals surface area (Å²) in [6, 6.07) is 10.7. The molecule has 25 heavy (non-hydrogen) atoms. The van der Waals surface area contributed by atoms with Crippen LogP contribution in [-0.4, -0.2) is 30.4 Å². The third kappa shape index (κ3) is 7.86. The van der Waals surface area contributed by atoms with Gasteiger partial charge in [-0.25, -0.2) is 0 Å². The van der Waals surface area contributed by atoms with Crippen LogP contribution in [-0.2, 0) is 4.84 Å². The Hall–Kier alpha value is -1.62. The Kier molecular flexibility index (Phi) is 8.73. The molecule has 4 heteroatoms. The Morgan fingerprint density at radius 1 is 1.16 bits per heavy atom. The van der Waals surface area contributed by atoms with Gasteiger partial charge in [0.15, 0.2) is 0 Å². The van der Waals surface area contributed by atoms with Gasteiger partial charge < -0.3 is 10.4 Å². The molecular formula is C21H32N2O2. The van der Waals surface area contributed by atoms with E-state index in [-0.39, 0.29) is 6.61 Å². The van der Waals surface area contributed by atoms with Crippen LogP contribution in [0.3, 0.4) is 0 Å². The molecule has 0 radical (unpaired) electrons. The zero-order valence-corrected chi connectivity index (χ0v) is 15.5. The van der Waals surface area contributed by atoms with E-state index >= 15 is 0 Å². The van der Waals surface area contributed by atoms with E-state index in [0.29, 0.717) is 12.6 Å². The van der Waals surface area contributed by atoms with Crippen molar-refractivity contribution in [2.24, 2.45) is 0 Å². The van der Waals surface area contributed by atoms with Crippen molar-refractivity contribution in [1.29, 1.82) is 0 Å². The van der Waals surface area contributed by atoms with Gasteiger partial charge in [0.2, 0.25) is 0 Å². The smallest absolute Gasteiger partial charge is 0.102 e. The number of hydrogen-bond donors (Lipinski definition) is 3. The molecule has 0 fully saturated rings. The molecule has 0 bridgehead atoms. The van der Waals surface area contributed by atoms with Crippen molar-refractivity contribution in [3.63, 3.8) is 0 Å². The standard InChI is InChI=1S/C21H32N2O2/c1-17(2)22-15-20(24)16-25-23-21-13-9-4-3-8-12-19(21)14-18-10-6-5-7-11-18/h5-7,10-11,13-14,17,20,22-24H,3-4,8-9,12,15-16H2,1-2H3/t20-/m0/s1. The maximum Gasteiger partial charge on any atom is 0.102 e. The molecule has 1 aromatic carbocycles. The van der Waals surface area contributed by atoms with Gasteiger partial charge in [-0.15, -0.1) is 0 Å². The van der Waals surface area contributed by atoms with Gasteiger partial charge in [0, 0.05) is 12.6 Å². The van der Waals surface area contributed by atoms with E-state index in [2.05, 4.69) is 61.1 Å². The first-order chi connectivity index (χ1) is 12.1. The quantitative estimate of drug-likeness (QED) is 0.628. The van der Waals surface area contributed by atoms with Crippen LogP contribution in [0.25, 0.3) is 6.08 Å². The number of hydrogen-bond acceptors (Lipinski definition) is 4. The first-order valence-corrected chi connectivity index (χ1v) is 9.40. The highest BCUT2D eigenvalue weighted by atomic mass is 16.6. The van der Waals surface area contributed by atoms with Gasteiger partial charge in [-0.1, -0.05) is 56.7 Å². The molecule has 0 unspecified atom stereocenters. The highest BCUT2D eigenvalue weighted by Gasteiger charge is 2.10. The molecule has 1 atom stereocenters. The fourth-order valence-corrected chi connectivity index (χ4v) is 2.80. The highest BCUT2D eigenvalue weighted by Crippen LogP contribution is 2.23. The lowest BCUT2D eigenvalue weighted by atomic mass is 9.97. The number of benzene rings is 1. The van der Waals surface area contributed by atoms with Gasteiger partial charge in [-0.2, -0.15) is 0 Å². The summed E-state index contributed by atoms with van der Waals surface area (Å²) in [5.74, 6) is 0. The summed E-state index contributed by atoms with van der Waals surface area (Å²) in [5, 5.41) is 13.2. The predicted molar refractivity (Wildman–Crippen MR) is 104 cm³/mol. The summed E-state index contributed by atoms with van der Waals surface area (Å²) in [6.07, 6.45) is 9.67. The van der Waals surface area contributed by atoms with E-state index < -0.39 is 6.10 Å². The molecule has 1 aromatic rings. The maximum atomic E-state index is 9.97. The van der Waals surface area contributed by atoms with Crippen molar-refractivity contribution in [3.8, 4) is 0 Å². The molecule has 3 N–H and O–H groups in total. The van der Waals surface area contributed by atoms with E-state index in [9.17, 15) is 5.11 Å². The predicted octanol–water partition coefficient (Wildman–Crippen LogP) is 3.80. The minimum absolute atomic E-state index is 0.260. The second kappa shape index (κ2) is 11.1. The summed E-state index contributed by atoms with van der Waals surface area (Å²) in [5.41, 5.74) is 6.58. The van der Waals surface area contributed by atoms with Crippen LogP contribution in [0.15, 0.2) is 47.7 Å². The van der Waals surface area contributed by atoms with Gasteiger partial charge in [0.05, 0.1) is 11.8 Å². The monoisotopic (exact) mass is 344 g/mol. The third-order valence-corrected chi connectivity index (χ3v) is 4.20. The Morgan fingerprint density at radius 3 is 2.72 bits per heavy atom. The lowest BCUT2D eigenvalue weighted by Gasteiger charge is -2.19. The SMILES string of the molecule is CC(C)NC[C@H](O)CONC1=CCCCCCC1=Cc1ccccc1. The molecule has 1 aliphatic rings. The normalized spacial score (nSPS) is 18.6. The first-order valence-electron chi connectivity index (χ1n) is 9.40. The maximum absolute atomic E-state index is 9.97. The molecule has 0 amide bonds. The fraction of sp³-hybridized carbons (Fsp3) is 0.524. The van der Waals surface area contributed by atoms with Crippen molar-refractivity contribution in [3.05, 3.63) is 53.2 Å². The Morgan fingerprint density at radius 2 is 1.96 bits per heavy atom. The van der Waals surface area contributed by atoms with Crippen LogP contribution in [0.1, 0.15) is 51.5 Å². The van der Waals surface area contributed by atoms with E-state index in [4.69, 9.17) is 4.84 Å². The van der Waals surface area contributed by atoms with Gasteiger partial charge >= 0.3 is 0 Å². The van der Waals surface area contributed by atoms with E-state index in [0.717, 1.165) is 18.5 Å². The van der Waals surface area contributed by atoms with Gasteiger partial charge in [0.1, 0.15) is 6.61 Å². The molecule has 0 heterocycles. The minimum atomic E-state index is -0.523. The summed E-state index contributed by atoms with van der Waals surface area (Å²) in [7, 11) is 0. The van der Waals surface area contributed by atoms with Crippen molar-refractivity contribution in [2.75, 3.05) is 13.2 Å². The molecule has 0 aliphatic heterocycles. The minimum Gasteiger partial charge on any atom is -0.389 e. The van der Waals surface area contributed by atoms with Crippen LogP contribution in [0.4, 0.5) is 0 Å². The molecule has 0 saturated carbocycles. The van der Waals surface area contributed by atoms with Gasteiger partial charge in [-0.3, -0.25) is 10.3 Å². The first kappa shape index (κ1) is 19.7. The van der Waals surface area contributed by atoms with Crippen molar-refractivity contribution >= 4 is 6.08 Å². The van der Waals surface area contributed by atoms with Gasteiger partial charge in [-0.05, 0) is 42.9 Å². The number of aliphatic hydroxyl groups excluding tert-OH is 1. The second-order valence-electron chi connectivity index (χ2n) is 6.93. The second-order valence-corrected chi connectivity index (χ2v) is 6.93. The average molecular weight is 344 g/mol. The fourth-order valence-electron chi connectivity index (χ4n) is 2.80. The van der Waals surface area contributed by atoms with E-state index in [1.807, 2.05) is 6.07 Å². The van der Waals surface area contributed by atoms with Crippen LogP contribution in [0.5, 0.6) is 0 Å². The highest BCUT2D eigenvalue weighted by molar-refractivity contribution is 5.57. The topological polar surface area (TPSA) is 53.5 Å². The van der Waals surface area contributed by atoms with Crippen LogP contribution < -0.4 is 10.8 Å². The summed E-state index contributed by atoms with van der Waals surface area (Å²) < 4.78 is 0. The van der Waals surface area contributed by atoms with Crippen molar-refractivity contribution < 1.29 is 9.94 Å². The van der Waals surface area contributed by atoms with Crippen molar-refractivity contribution in [2.45, 2.75) is 58.1 Å². The Balaban J connectivity index is 1.95. The number of aliphatic hydroxyl groups is 1. The Labute approximate surface area is 151 Å². The Bertz CT molecular complexity index is 552. The molecular weight excluding hydrogens is 312 g/mol. The molecule has 138 valence electrons.